The van der Waals surface area contributed by atoms with Crippen LogP contribution in [0, 0.1) is 5.92 Å². The van der Waals surface area contributed by atoms with Gasteiger partial charge in [0, 0.05) is 12.1 Å². The number of aliphatic carboxylic acids is 1. The third kappa shape index (κ3) is 3.98. The van der Waals surface area contributed by atoms with Gasteiger partial charge in [-0.2, -0.15) is 0 Å². The Morgan fingerprint density at radius 3 is 2.00 bits per heavy atom. The van der Waals surface area contributed by atoms with Crippen molar-refractivity contribution in [3.05, 3.63) is 0 Å². The monoisotopic (exact) mass is 159 g/mol. The summed E-state index contributed by atoms with van der Waals surface area (Å²) in [6.07, 6.45) is 0. The summed E-state index contributed by atoms with van der Waals surface area (Å²) >= 11 is 0. The molecule has 0 amide bonds. The average Bonchev–Trinajstić information content (AvgIpc) is 1.84. The molecule has 3 heteroatoms. The molecule has 2 unspecified atom stereocenters. The molecule has 2 atom stereocenters. The first-order valence-electron chi connectivity index (χ1n) is 3.94. The van der Waals surface area contributed by atoms with Crippen molar-refractivity contribution in [2.75, 3.05) is 0 Å². The topological polar surface area (TPSA) is 49.3 Å². The summed E-state index contributed by atoms with van der Waals surface area (Å²) in [6, 6.07) is 0.374. The zero-order chi connectivity index (χ0) is 9.02. The fourth-order valence-corrected chi connectivity index (χ4v) is 0.884. The molecule has 0 aliphatic rings. The minimum Gasteiger partial charge on any atom is -0.481 e. The molecule has 0 radical (unpaired) electrons. The SMILES string of the molecule is CC(C)NC(C)C(C)C(=O)O. The first-order valence-corrected chi connectivity index (χ1v) is 3.94. The van der Waals surface area contributed by atoms with Crippen LogP contribution in [-0.4, -0.2) is 23.2 Å². The van der Waals surface area contributed by atoms with Gasteiger partial charge >= 0.3 is 5.97 Å². The van der Waals surface area contributed by atoms with E-state index >= 15 is 0 Å². The van der Waals surface area contributed by atoms with Gasteiger partial charge in [0.25, 0.3) is 0 Å². The van der Waals surface area contributed by atoms with E-state index in [1.807, 2.05) is 20.8 Å². The van der Waals surface area contributed by atoms with Gasteiger partial charge in [-0.05, 0) is 6.92 Å². The zero-order valence-corrected chi connectivity index (χ0v) is 7.59. The molecule has 0 aromatic rings. The highest BCUT2D eigenvalue weighted by Crippen LogP contribution is 2.02. The van der Waals surface area contributed by atoms with Crippen molar-refractivity contribution >= 4 is 5.97 Å². The van der Waals surface area contributed by atoms with Crippen LogP contribution in [0.15, 0.2) is 0 Å². The Morgan fingerprint density at radius 1 is 1.27 bits per heavy atom. The maximum Gasteiger partial charge on any atom is 0.307 e. The van der Waals surface area contributed by atoms with Crippen molar-refractivity contribution in [1.82, 2.24) is 5.32 Å². The molecule has 0 saturated heterocycles. The standard InChI is InChI=1S/C8H17NO2/c1-5(2)9-7(4)6(3)8(10)11/h5-7,9H,1-4H3,(H,10,11). The van der Waals surface area contributed by atoms with E-state index in [4.69, 9.17) is 5.11 Å². The molecule has 0 aromatic carbocycles. The van der Waals surface area contributed by atoms with E-state index in [0.717, 1.165) is 0 Å². The minimum absolute atomic E-state index is 0.0347. The smallest absolute Gasteiger partial charge is 0.307 e. The van der Waals surface area contributed by atoms with Crippen LogP contribution in [0.25, 0.3) is 0 Å². The van der Waals surface area contributed by atoms with E-state index in [2.05, 4.69) is 5.32 Å². The van der Waals surface area contributed by atoms with Crippen molar-refractivity contribution in [1.29, 1.82) is 0 Å². The maximum absolute atomic E-state index is 10.5. The lowest BCUT2D eigenvalue weighted by Crippen LogP contribution is -2.39. The molecule has 0 rings (SSSR count). The largest absolute Gasteiger partial charge is 0.481 e. The fourth-order valence-electron chi connectivity index (χ4n) is 0.884. The normalized spacial score (nSPS) is 16.5. The molecule has 0 heterocycles. The van der Waals surface area contributed by atoms with Crippen LogP contribution in [0.4, 0.5) is 0 Å². The summed E-state index contributed by atoms with van der Waals surface area (Å²) in [6.45, 7) is 7.61. The Balaban J connectivity index is 3.82. The van der Waals surface area contributed by atoms with Gasteiger partial charge in [0.15, 0.2) is 0 Å². The highest BCUT2D eigenvalue weighted by atomic mass is 16.4. The molecule has 0 fully saturated rings. The number of nitrogens with one attached hydrogen (secondary N) is 1. The Morgan fingerprint density at radius 2 is 1.73 bits per heavy atom. The number of hydrogen-bond donors (Lipinski definition) is 2. The second-order valence-electron chi connectivity index (χ2n) is 3.24. The van der Waals surface area contributed by atoms with Gasteiger partial charge in [0.1, 0.15) is 0 Å². The summed E-state index contributed by atoms with van der Waals surface area (Å²) < 4.78 is 0. The van der Waals surface area contributed by atoms with Gasteiger partial charge in [0.2, 0.25) is 0 Å². The van der Waals surface area contributed by atoms with Crippen LogP contribution in [0.1, 0.15) is 27.7 Å². The lowest BCUT2D eigenvalue weighted by molar-refractivity contribution is -0.141. The predicted octanol–water partition coefficient (Wildman–Crippen LogP) is 1.09. The van der Waals surface area contributed by atoms with Crippen molar-refractivity contribution < 1.29 is 9.90 Å². The molecule has 11 heavy (non-hydrogen) atoms. The quantitative estimate of drug-likeness (QED) is 0.645. The lowest BCUT2D eigenvalue weighted by atomic mass is 10.0. The minimum atomic E-state index is -0.745. The molecular weight excluding hydrogens is 142 g/mol. The van der Waals surface area contributed by atoms with E-state index in [-0.39, 0.29) is 12.0 Å². The van der Waals surface area contributed by atoms with Crippen molar-refractivity contribution in [2.45, 2.75) is 39.8 Å². The van der Waals surface area contributed by atoms with Gasteiger partial charge in [-0.3, -0.25) is 4.79 Å². The average molecular weight is 159 g/mol. The Bertz CT molecular complexity index is 134. The van der Waals surface area contributed by atoms with Crippen LogP contribution in [0.5, 0.6) is 0 Å². The summed E-state index contributed by atoms with van der Waals surface area (Å²) in [5.41, 5.74) is 0. The van der Waals surface area contributed by atoms with Crippen molar-refractivity contribution in [3.8, 4) is 0 Å². The molecule has 3 nitrogen and oxygen atoms in total. The fraction of sp³-hybridized carbons (Fsp3) is 0.875. The molecule has 0 aliphatic heterocycles. The second-order valence-corrected chi connectivity index (χ2v) is 3.24. The Kier molecular flexibility index (Phi) is 4.11. The molecule has 0 saturated carbocycles. The summed E-state index contributed by atoms with van der Waals surface area (Å²) in [5, 5.41) is 11.8. The van der Waals surface area contributed by atoms with E-state index in [1.165, 1.54) is 0 Å². The van der Waals surface area contributed by atoms with E-state index in [0.29, 0.717) is 6.04 Å². The van der Waals surface area contributed by atoms with E-state index in [1.54, 1.807) is 6.92 Å². The van der Waals surface area contributed by atoms with Crippen LogP contribution < -0.4 is 5.32 Å². The molecule has 0 aliphatic carbocycles. The first kappa shape index (κ1) is 10.4. The third-order valence-electron chi connectivity index (χ3n) is 1.74. The molecule has 0 spiro atoms. The first-order chi connectivity index (χ1) is 4.95. The van der Waals surface area contributed by atoms with Gasteiger partial charge in [-0.15, -0.1) is 0 Å². The molecule has 0 bridgehead atoms. The van der Waals surface area contributed by atoms with Gasteiger partial charge in [-0.25, -0.2) is 0 Å². The molecule has 2 N–H and O–H groups in total. The molecule has 66 valence electrons. The maximum atomic E-state index is 10.5. The van der Waals surface area contributed by atoms with Gasteiger partial charge in [0.05, 0.1) is 5.92 Å². The number of carboxylic acids is 1. The number of rotatable bonds is 4. The Labute approximate surface area is 67.8 Å². The number of hydrogen-bond acceptors (Lipinski definition) is 2. The van der Waals surface area contributed by atoms with Gasteiger partial charge < -0.3 is 10.4 Å². The zero-order valence-electron chi connectivity index (χ0n) is 7.59. The highest BCUT2D eigenvalue weighted by Gasteiger charge is 2.18. The summed E-state index contributed by atoms with van der Waals surface area (Å²) in [4.78, 5) is 10.5. The molecular formula is C8H17NO2. The van der Waals surface area contributed by atoms with Crippen LogP contribution in [0.3, 0.4) is 0 Å². The van der Waals surface area contributed by atoms with Crippen LogP contribution in [0.2, 0.25) is 0 Å². The third-order valence-corrected chi connectivity index (χ3v) is 1.74. The van der Waals surface area contributed by atoms with E-state index < -0.39 is 5.97 Å². The summed E-state index contributed by atoms with van der Waals surface area (Å²) in [5.74, 6) is -1.07. The lowest BCUT2D eigenvalue weighted by Gasteiger charge is -2.20. The second kappa shape index (κ2) is 4.34. The van der Waals surface area contributed by atoms with E-state index in [9.17, 15) is 4.79 Å². The molecule has 0 aromatic heterocycles. The highest BCUT2D eigenvalue weighted by molar-refractivity contribution is 5.70. The van der Waals surface area contributed by atoms with Gasteiger partial charge in [-0.1, -0.05) is 20.8 Å². The number of carboxylic acid groups (broad SMARTS) is 1. The number of carbonyl (C=O) groups is 1. The van der Waals surface area contributed by atoms with Crippen molar-refractivity contribution in [3.63, 3.8) is 0 Å². The van der Waals surface area contributed by atoms with Crippen molar-refractivity contribution in [2.24, 2.45) is 5.92 Å². The Hall–Kier alpha value is -0.570. The van der Waals surface area contributed by atoms with Crippen LogP contribution >= 0.6 is 0 Å². The summed E-state index contributed by atoms with van der Waals surface area (Å²) in [7, 11) is 0. The predicted molar refractivity (Wildman–Crippen MR) is 44.5 cm³/mol. The van der Waals surface area contributed by atoms with Crippen LogP contribution in [-0.2, 0) is 4.79 Å².